The molecule has 46 heavy (non-hydrogen) atoms. The number of pyridine rings is 1. The number of amides is 3. The Bertz CT molecular complexity index is 1670. The number of hydrogen-bond acceptors (Lipinski definition) is 7. The topological polar surface area (TPSA) is 148 Å². The van der Waals surface area contributed by atoms with E-state index in [2.05, 4.69) is 20.7 Å². The van der Waals surface area contributed by atoms with Gasteiger partial charge in [-0.1, -0.05) is 12.2 Å². The number of nitrogens with one attached hydrogen (secondary N) is 2. The first-order valence-corrected chi connectivity index (χ1v) is 14.8. The molecule has 1 fully saturated rings. The van der Waals surface area contributed by atoms with E-state index in [9.17, 15) is 32.7 Å². The quantitative estimate of drug-likeness (QED) is 0.324. The lowest BCUT2D eigenvalue weighted by molar-refractivity contribution is -0.143. The maximum absolute atomic E-state index is 13.5. The first-order chi connectivity index (χ1) is 21.8. The molecule has 0 spiro atoms. The van der Waals surface area contributed by atoms with Crippen LogP contribution < -0.4 is 20.1 Å². The van der Waals surface area contributed by atoms with Crippen LogP contribution in [0.25, 0.3) is 16.7 Å². The molecule has 3 amide bonds. The predicted molar refractivity (Wildman–Crippen MR) is 160 cm³/mol. The summed E-state index contributed by atoms with van der Waals surface area (Å²) in [5.41, 5.74) is -1.54. The normalized spacial score (nSPS) is 22.4. The lowest BCUT2D eigenvalue weighted by Crippen LogP contribution is -2.55. The monoisotopic (exact) mass is 644 g/mol. The van der Waals surface area contributed by atoms with Crippen LogP contribution in [0.15, 0.2) is 42.6 Å². The van der Waals surface area contributed by atoms with E-state index in [1.807, 2.05) is 12.2 Å². The fourth-order valence-corrected chi connectivity index (χ4v) is 5.49. The number of nitrogens with zero attached hydrogens (tertiary/aromatic N) is 4. The third-order valence-corrected chi connectivity index (χ3v) is 8.32. The molecule has 246 valence electrons. The molecule has 3 aromatic rings. The van der Waals surface area contributed by atoms with Crippen LogP contribution in [0.4, 0.5) is 18.0 Å². The fourth-order valence-electron chi connectivity index (χ4n) is 5.49. The van der Waals surface area contributed by atoms with Gasteiger partial charge in [-0.15, -0.1) is 0 Å². The third-order valence-electron chi connectivity index (χ3n) is 8.32. The number of carbonyl (C=O) groups excluding carboxylic acids is 2. The van der Waals surface area contributed by atoms with Crippen LogP contribution in [0.2, 0.25) is 0 Å². The van der Waals surface area contributed by atoms with Crippen LogP contribution in [-0.2, 0) is 15.8 Å². The average Bonchev–Trinajstić information content (AvgIpc) is 3.45. The summed E-state index contributed by atoms with van der Waals surface area (Å²) in [6.45, 7) is 2.09. The zero-order chi connectivity index (χ0) is 33.2. The lowest BCUT2D eigenvalue weighted by atomic mass is 10.1. The highest BCUT2D eigenvalue weighted by Crippen LogP contribution is 2.45. The number of benzene rings is 1. The highest BCUT2D eigenvalue weighted by atomic mass is 19.4. The van der Waals surface area contributed by atoms with Crippen molar-refractivity contribution in [2.45, 2.75) is 56.8 Å². The molecule has 3 heterocycles. The summed E-state index contributed by atoms with van der Waals surface area (Å²) in [6, 6.07) is 4.02. The fraction of sp³-hybridized carbons (Fsp3) is 0.452. The van der Waals surface area contributed by atoms with Crippen LogP contribution in [-0.4, -0.2) is 81.6 Å². The standard InChI is InChI=1S/C31H35F3N6O6/c1-18-22(45-3)10-9-20-23(16-25(36-26(18)20)40-14-11-24(38-40)31(32,33)34)46-15-12-21-27(41)37-30(28(42)43)17-19(30)8-6-4-5-7-13-39(2)29(44)35-21/h6,8-11,14,16,19,21H,4-5,7,12-13,15,17H2,1-3H3,(H,35,44)(H,37,41)(H,42,43)/t19-,21+,30-/m1/s1. The number of halogens is 3. The summed E-state index contributed by atoms with van der Waals surface area (Å²) in [4.78, 5) is 44.6. The van der Waals surface area contributed by atoms with Gasteiger partial charge in [0.25, 0.3) is 0 Å². The van der Waals surface area contributed by atoms with Gasteiger partial charge in [-0.05, 0) is 50.8 Å². The number of rotatable bonds is 7. The Balaban J connectivity index is 1.42. The number of aryl methyl sites for hydroxylation is 1. The van der Waals surface area contributed by atoms with Gasteiger partial charge in [-0.3, -0.25) is 4.79 Å². The summed E-state index contributed by atoms with van der Waals surface area (Å²) in [5, 5.41) is 19.4. The Kier molecular flexibility index (Phi) is 9.13. The van der Waals surface area contributed by atoms with Gasteiger partial charge in [0, 0.05) is 49.1 Å². The van der Waals surface area contributed by atoms with Gasteiger partial charge in [0.2, 0.25) is 5.91 Å². The second kappa shape index (κ2) is 12.9. The van der Waals surface area contributed by atoms with Crippen molar-refractivity contribution in [2.24, 2.45) is 5.92 Å². The molecule has 2 aliphatic rings. The van der Waals surface area contributed by atoms with Gasteiger partial charge in [0.1, 0.15) is 23.1 Å². The summed E-state index contributed by atoms with van der Waals surface area (Å²) < 4.78 is 52.3. The van der Waals surface area contributed by atoms with Gasteiger partial charge in [0.05, 0.1) is 19.2 Å². The largest absolute Gasteiger partial charge is 0.496 e. The molecule has 1 saturated carbocycles. The van der Waals surface area contributed by atoms with Crippen LogP contribution in [0, 0.1) is 12.8 Å². The minimum absolute atomic E-state index is 0.0457. The number of fused-ring (bicyclic) bond motifs is 2. The molecular weight excluding hydrogens is 609 g/mol. The summed E-state index contributed by atoms with van der Waals surface area (Å²) in [6.07, 6.45) is 2.69. The number of hydrogen-bond donors (Lipinski definition) is 3. The number of aromatic nitrogens is 3. The van der Waals surface area contributed by atoms with E-state index < -0.39 is 41.4 Å². The second-order valence-corrected chi connectivity index (χ2v) is 11.5. The molecule has 15 heteroatoms. The van der Waals surface area contributed by atoms with Crippen LogP contribution in [0.3, 0.4) is 0 Å². The Morgan fingerprint density at radius 2 is 1.98 bits per heavy atom. The van der Waals surface area contributed by atoms with Crippen molar-refractivity contribution < 1.29 is 42.1 Å². The summed E-state index contributed by atoms with van der Waals surface area (Å²) >= 11 is 0. The Morgan fingerprint density at radius 3 is 2.67 bits per heavy atom. The van der Waals surface area contributed by atoms with E-state index >= 15 is 0 Å². The number of aliphatic carboxylic acids is 1. The molecule has 0 bridgehead atoms. The second-order valence-electron chi connectivity index (χ2n) is 11.5. The highest BCUT2D eigenvalue weighted by Gasteiger charge is 2.60. The zero-order valence-corrected chi connectivity index (χ0v) is 25.6. The van der Waals surface area contributed by atoms with E-state index in [0.717, 1.165) is 36.2 Å². The first-order valence-electron chi connectivity index (χ1n) is 14.8. The summed E-state index contributed by atoms with van der Waals surface area (Å²) in [7, 11) is 3.09. The molecule has 3 atom stereocenters. The molecule has 2 aromatic heterocycles. The van der Waals surface area contributed by atoms with Gasteiger partial charge in [0.15, 0.2) is 11.5 Å². The van der Waals surface area contributed by atoms with Crippen LogP contribution >= 0.6 is 0 Å². The molecule has 5 rings (SSSR count). The zero-order valence-electron chi connectivity index (χ0n) is 25.6. The molecule has 0 unspecified atom stereocenters. The number of carboxylic acid groups (broad SMARTS) is 1. The Labute approximate surface area is 262 Å². The van der Waals surface area contributed by atoms with Gasteiger partial charge in [-0.25, -0.2) is 19.3 Å². The molecule has 1 aliphatic heterocycles. The van der Waals surface area contributed by atoms with Crippen molar-refractivity contribution in [3.63, 3.8) is 0 Å². The molecule has 0 saturated heterocycles. The number of ether oxygens (including phenoxy) is 2. The van der Waals surface area contributed by atoms with E-state index in [4.69, 9.17) is 9.47 Å². The number of carboxylic acids is 1. The van der Waals surface area contributed by atoms with Crippen LogP contribution in [0.5, 0.6) is 11.5 Å². The summed E-state index contributed by atoms with van der Waals surface area (Å²) in [5.74, 6) is -1.39. The van der Waals surface area contributed by atoms with Crippen molar-refractivity contribution in [1.82, 2.24) is 30.3 Å². The molecule has 0 radical (unpaired) electrons. The minimum Gasteiger partial charge on any atom is -0.496 e. The number of urea groups is 1. The number of alkyl halides is 3. The van der Waals surface area contributed by atoms with Crippen molar-refractivity contribution in [3.8, 4) is 17.3 Å². The SMILES string of the molecule is COc1ccc2c(OCC[C@@H]3NC(=O)N(C)CCCCC=C[C@@H]4C[C@@]4(C(=O)O)NC3=O)cc(-n3ccc(C(F)(F)F)n3)nc2c1C. The molecule has 1 aliphatic carbocycles. The van der Waals surface area contributed by atoms with E-state index in [1.165, 1.54) is 18.1 Å². The van der Waals surface area contributed by atoms with Crippen LogP contribution in [0.1, 0.15) is 43.4 Å². The Morgan fingerprint density at radius 1 is 1.20 bits per heavy atom. The highest BCUT2D eigenvalue weighted by molar-refractivity contribution is 5.94. The van der Waals surface area contributed by atoms with Crippen molar-refractivity contribution in [2.75, 3.05) is 27.3 Å². The minimum atomic E-state index is -4.65. The maximum Gasteiger partial charge on any atom is 0.435 e. The van der Waals surface area contributed by atoms with Crippen molar-refractivity contribution in [1.29, 1.82) is 0 Å². The average molecular weight is 645 g/mol. The molecule has 12 nitrogen and oxygen atoms in total. The van der Waals surface area contributed by atoms with Gasteiger partial charge < -0.3 is 30.1 Å². The molecular formula is C31H35F3N6O6. The molecule has 3 N–H and O–H groups in total. The van der Waals surface area contributed by atoms with E-state index in [1.54, 1.807) is 26.1 Å². The Hall–Kier alpha value is -4.82. The smallest absolute Gasteiger partial charge is 0.435 e. The number of allylic oxidation sites excluding steroid dienone is 1. The van der Waals surface area contributed by atoms with Crippen molar-refractivity contribution in [3.05, 3.63) is 53.9 Å². The van der Waals surface area contributed by atoms with E-state index in [-0.39, 0.29) is 36.9 Å². The molecule has 1 aromatic carbocycles. The maximum atomic E-state index is 13.5. The van der Waals surface area contributed by atoms with Crippen molar-refractivity contribution >= 4 is 28.8 Å². The predicted octanol–water partition coefficient (Wildman–Crippen LogP) is 4.23. The van der Waals surface area contributed by atoms with E-state index in [0.29, 0.717) is 28.8 Å². The van der Waals surface area contributed by atoms with Gasteiger partial charge >= 0.3 is 18.2 Å². The number of methoxy groups -OCH3 is 1. The lowest BCUT2D eigenvalue weighted by Gasteiger charge is -2.25. The first kappa shape index (κ1) is 32.6. The van der Waals surface area contributed by atoms with Gasteiger partial charge in [-0.2, -0.15) is 18.3 Å². The third kappa shape index (κ3) is 6.72. The number of carbonyl (C=O) groups is 3.